The van der Waals surface area contributed by atoms with E-state index in [0.717, 1.165) is 18.7 Å². The molecule has 0 saturated heterocycles. The van der Waals surface area contributed by atoms with Gasteiger partial charge < -0.3 is 14.6 Å². The van der Waals surface area contributed by atoms with Gasteiger partial charge in [0.2, 0.25) is 0 Å². The van der Waals surface area contributed by atoms with Gasteiger partial charge in [0.1, 0.15) is 6.10 Å². The Bertz CT molecular complexity index is 613. The number of ether oxygens (including phenoxy) is 2. The molecule has 0 aliphatic carbocycles. The van der Waals surface area contributed by atoms with Crippen LogP contribution in [0.1, 0.15) is 30.4 Å². The normalized spacial score (nSPS) is 12.2. The topological polar surface area (TPSA) is 38.7 Å². The fraction of sp³-hybridized carbons (Fsp3) is 0.333. The van der Waals surface area contributed by atoms with Crippen molar-refractivity contribution >= 4 is 43.2 Å². The Morgan fingerprint density at radius 2 is 1.71 bits per heavy atom. The Balaban J connectivity index is 2.40. The summed E-state index contributed by atoms with van der Waals surface area (Å²) >= 11 is 8.43. The van der Waals surface area contributed by atoms with Crippen LogP contribution in [0.4, 0.5) is 0 Å². The Labute approximate surface area is 145 Å². The van der Waals surface area contributed by atoms with E-state index in [2.05, 4.69) is 31.9 Å². The molecule has 0 saturated carbocycles. The van der Waals surface area contributed by atoms with Crippen molar-refractivity contribution in [1.82, 2.24) is 0 Å². The predicted octanol–water partition coefficient (Wildman–Crippen LogP) is 5.15. The standard InChI is InChI=1S/C15H16Br2O3S/c1-3-19-11-7-9(10(16)8-12(11)20-4-2)15(18)13-5-6-14(17)21-13/h5-8,15,18H,3-4H2,1-2H3. The summed E-state index contributed by atoms with van der Waals surface area (Å²) in [6.45, 7) is 4.95. The summed E-state index contributed by atoms with van der Waals surface area (Å²) in [5.74, 6) is 1.32. The summed E-state index contributed by atoms with van der Waals surface area (Å²) in [6, 6.07) is 7.50. The van der Waals surface area contributed by atoms with Crippen LogP contribution in [0.15, 0.2) is 32.5 Å². The number of hydrogen-bond donors (Lipinski definition) is 1. The fourth-order valence-corrected chi connectivity index (χ4v) is 3.89. The fourth-order valence-electron chi connectivity index (χ4n) is 1.93. The minimum absolute atomic E-state index is 0.543. The van der Waals surface area contributed by atoms with Gasteiger partial charge in [-0.2, -0.15) is 0 Å². The quantitative estimate of drug-likeness (QED) is 0.681. The molecule has 0 amide bonds. The van der Waals surface area contributed by atoms with Gasteiger partial charge in [0, 0.05) is 14.9 Å². The number of thiophene rings is 1. The van der Waals surface area contributed by atoms with Crippen LogP contribution in [0.3, 0.4) is 0 Å². The maximum atomic E-state index is 10.6. The lowest BCUT2D eigenvalue weighted by Gasteiger charge is -2.17. The number of benzene rings is 1. The van der Waals surface area contributed by atoms with Crippen LogP contribution in [-0.2, 0) is 0 Å². The molecule has 0 spiro atoms. The lowest BCUT2D eigenvalue weighted by atomic mass is 10.1. The molecule has 6 heteroatoms. The number of hydrogen-bond acceptors (Lipinski definition) is 4. The molecule has 1 atom stereocenters. The molecule has 114 valence electrons. The largest absolute Gasteiger partial charge is 0.490 e. The molecule has 2 aromatic rings. The first kappa shape index (κ1) is 16.8. The second kappa shape index (κ2) is 7.63. The molecule has 21 heavy (non-hydrogen) atoms. The Hall–Kier alpha value is -0.560. The van der Waals surface area contributed by atoms with Gasteiger partial charge in [-0.15, -0.1) is 11.3 Å². The van der Waals surface area contributed by atoms with Crippen LogP contribution in [-0.4, -0.2) is 18.3 Å². The van der Waals surface area contributed by atoms with E-state index in [4.69, 9.17) is 9.47 Å². The highest BCUT2D eigenvalue weighted by Gasteiger charge is 2.19. The molecule has 3 nitrogen and oxygen atoms in total. The van der Waals surface area contributed by atoms with E-state index >= 15 is 0 Å². The monoisotopic (exact) mass is 434 g/mol. The zero-order valence-corrected chi connectivity index (χ0v) is 15.7. The molecule has 1 aromatic heterocycles. The van der Waals surface area contributed by atoms with Gasteiger partial charge >= 0.3 is 0 Å². The van der Waals surface area contributed by atoms with Crippen molar-refractivity contribution in [2.24, 2.45) is 0 Å². The highest BCUT2D eigenvalue weighted by Crippen LogP contribution is 2.40. The van der Waals surface area contributed by atoms with E-state index in [0.29, 0.717) is 24.7 Å². The number of halogens is 2. The smallest absolute Gasteiger partial charge is 0.162 e. The predicted molar refractivity (Wildman–Crippen MR) is 92.6 cm³/mol. The molecular weight excluding hydrogens is 420 g/mol. The zero-order chi connectivity index (χ0) is 15.4. The van der Waals surface area contributed by atoms with Gasteiger partial charge in [0.25, 0.3) is 0 Å². The molecule has 1 heterocycles. The van der Waals surface area contributed by atoms with Crippen LogP contribution in [0.5, 0.6) is 11.5 Å². The molecule has 1 aromatic carbocycles. The first-order valence-corrected chi connectivity index (χ1v) is 8.99. The maximum absolute atomic E-state index is 10.6. The number of aliphatic hydroxyl groups excluding tert-OH is 1. The minimum atomic E-state index is -0.703. The van der Waals surface area contributed by atoms with Gasteiger partial charge in [-0.1, -0.05) is 15.9 Å². The first-order chi connectivity index (χ1) is 10.1. The molecule has 1 unspecified atom stereocenters. The molecule has 0 aliphatic rings. The van der Waals surface area contributed by atoms with E-state index in [9.17, 15) is 5.11 Å². The van der Waals surface area contributed by atoms with Gasteiger partial charge in [0.05, 0.1) is 17.0 Å². The summed E-state index contributed by atoms with van der Waals surface area (Å²) in [6.07, 6.45) is -0.703. The van der Waals surface area contributed by atoms with Gasteiger partial charge in [-0.05, 0) is 54.0 Å². The highest BCUT2D eigenvalue weighted by atomic mass is 79.9. The van der Waals surface area contributed by atoms with Crippen LogP contribution >= 0.6 is 43.2 Å². The molecular formula is C15H16Br2O3S. The average molecular weight is 436 g/mol. The number of aliphatic hydroxyl groups is 1. The third-order valence-corrected chi connectivity index (χ3v) is 5.18. The van der Waals surface area contributed by atoms with Crippen molar-refractivity contribution in [3.8, 4) is 11.5 Å². The van der Waals surface area contributed by atoms with Crippen molar-refractivity contribution in [2.75, 3.05) is 13.2 Å². The van der Waals surface area contributed by atoms with Crippen molar-refractivity contribution in [2.45, 2.75) is 20.0 Å². The summed E-state index contributed by atoms with van der Waals surface area (Å²) in [4.78, 5) is 0.870. The average Bonchev–Trinajstić information content (AvgIpc) is 2.88. The molecule has 0 fully saturated rings. The van der Waals surface area contributed by atoms with Gasteiger partial charge in [0.15, 0.2) is 11.5 Å². The summed E-state index contributed by atoms with van der Waals surface area (Å²) in [5, 5.41) is 10.6. The third kappa shape index (κ3) is 4.00. The van der Waals surface area contributed by atoms with Crippen molar-refractivity contribution in [1.29, 1.82) is 0 Å². The maximum Gasteiger partial charge on any atom is 0.162 e. The number of rotatable bonds is 6. The van der Waals surface area contributed by atoms with E-state index in [1.165, 1.54) is 11.3 Å². The van der Waals surface area contributed by atoms with Crippen LogP contribution in [0.25, 0.3) is 0 Å². The summed E-state index contributed by atoms with van der Waals surface area (Å²) < 4.78 is 13.0. The van der Waals surface area contributed by atoms with Crippen molar-refractivity contribution in [3.05, 3.63) is 43.0 Å². The van der Waals surface area contributed by atoms with E-state index in [1.54, 1.807) is 0 Å². The van der Waals surface area contributed by atoms with Gasteiger partial charge in [-0.3, -0.25) is 0 Å². The van der Waals surface area contributed by atoms with E-state index in [1.807, 2.05) is 38.1 Å². The van der Waals surface area contributed by atoms with Crippen LogP contribution in [0, 0.1) is 0 Å². The molecule has 1 N–H and O–H groups in total. The highest BCUT2D eigenvalue weighted by molar-refractivity contribution is 9.11. The Kier molecular flexibility index (Phi) is 6.10. The second-order valence-electron chi connectivity index (χ2n) is 4.23. The SMILES string of the molecule is CCOc1cc(Br)c(C(O)c2ccc(Br)s2)cc1OCC. The lowest BCUT2D eigenvalue weighted by Crippen LogP contribution is -2.03. The first-order valence-electron chi connectivity index (χ1n) is 6.59. The zero-order valence-electron chi connectivity index (χ0n) is 11.7. The molecule has 0 aliphatic heterocycles. The van der Waals surface area contributed by atoms with E-state index < -0.39 is 6.10 Å². The minimum Gasteiger partial charge on any atom is -0.490 e. The van der Waals surface area contributed by atoms with Gasteiger partial charge in [-0.25, -0.2) is 0 Å². The lowest BCUT2D eigenvalue weighted by molar-refractivity contribution is 0.221. The summed E-state index contributed by atoms with van der Waals surface area (Å²) in [7, 11) is 0. The Morgan fingerprint density at radius 3 is 2.24 bits per heavy atom. The molecule has 0 bridgehead atoms. The Morgan fingerprint density at radius 1 is 1.10 bits per heavy atom. The van der Waals surface area contributed by atoms with Crippen molar-refractivity contribution in [3.63, 3.8) is 0 Å². The second-order valence-corrected chi connectivity index (χ2v) is 7.58. The van der Waals surface area contributed by atoms with E-state index in [-0.39, 0.29) is 0 Å². The molecule has 2 rings (SSSR count). The van der Waals surface area contributed by atoms with Crippen LogP contribution < -0.4 is 9.47 Å². The summed E-state index contributed by atoms with van der Waals surface area (Å²) in [5.41, 5.74) is 0.760. The van der Waals surface area contributed by atoms with Crippen molar-refractivity contribution < 1.29 is 14.6 Å². The third-order valence-electron chi connectivity index (χ3n) is 2.82. The van der Waals surface area contributed by atoms with Crippen LogP contribution in [0.2, 0.25) is 0 Å². The molecule has 0 radical (unpaired) electrons.